The Morgan fingerprint density at radius 3 is 2.42 bits per heavy atom. The van der Waals surface area contributed by atoms with E-state index >= 15 is 0 Å². The number of carbonyl (C=O) groups is 2. The summed E-state index contributed by atoms with van der Waals surface area (Å²) >= 11 is 0. The third-order valence-electron chi connectivity index (χ3n) is 3.11. The van der Waals surface area contributed by atoms with Gasteiger partial charge in [-0.05, 0) is 39.0 Å². The van der Waals surface area contributed by atoms with Crippen molar-refractivity contribution in [2.45, 2.75) is 45.0 Å². The van der Waals surface area contributed by atoms with Crippen LogP contribution < -0.4 is 10.1 Å². The van der Waals surface area contributed by atoms with Crippen LogP contribution in [0, 0.1) is 0 Å². The van der Waals surface area contributed by atoms with E-state index in [1.54, 1.807) is 0 Å². The van der Waals surface area contributed by atoms with Gasteiger partial charge in [-0.3, -0.25) is 4.79 Å². The topological polar surface area (TPSA) is 84.9 Å². The van der Waals surface area contributed by atoms with E-state index < -0.39 is 41.9 Å². The third kappa shape index (κ3) is 8.19. The molecule has 0 aliphatic rings. The van der Waals surface area contributed by atoms with Gasteiger partial charge in [0.1, 0.15) is 11.8 Å². The average Bonchev–Trinajstić information content (AvgIpc) is 2.50. The molecule has 146 valence electrons. The maximum absolute atomic E-state index is 12.6. The van der Waals surface area contributed by atoms with Crippen LogP contribution in [-0.2, 0) is 20.5 Å². The Bertz CT molecular complexity index is 626. The molecule has 0 spiro atoms. The van der Waals surface area contributed by atoms with Gasteiger partial charge in [0, 0.05) is 13.0 Å². The van der Waals surface area contributed by atoms with Gasteiger partial charge in [-0.2, -0.15) is 13.2 Å². The summed E-state index contributed by atoms with van der Waals surface area (Å²) in [6, 6.07) is 2.88. The number of aliphatic carboxylic acids is 1. The van der Waals surface area contributed by atoms with Crippen LogP contribution in [0.4, 0.5) is 13.2 Å². The number of halogens is 3. The summed E-state index contributed by atoms with van der Waals surface area (Å²) in [5.74, 6) is -2.14. The molecular formula is C17H22F3NO5. The quantitative estimate of drug-likeness (QED) is 0.728. The zero-order valence-electron chi connectivity index (χ0n) is 14.7. The van der Waals surface area contributed by atoms with Crippen molar-refractivity contribution in [3.8, 4) is 5.75 Å². The molecule has 1 rings (SSSR count). The summed E-state index contributed by atoms with van der Waals surface area (Å²) in [7, 11) is 0. The van der Waals surface area contributed by atoms with Gasteiger partial charge in [-0.1, -0.05) is 6.07 Å². The molecule has 0 aliphatic carbocycles. The molecule has 0 aromatic heterocycles. The molecule has 9 heteroatoms. The van der Waals surface area contributed by atoms with Crippen molar-refractivity contribution in [2.24, 2.45) is 0 Å². The largest absolute Gasteiger partial charge is 0.484 e. The Balaban J connectivity index is 2.54. The van der Waals surface area contributed by atoms with Crippen molar-refractivity contribution in [3.05, 3.63) is 29.8 Å². The second-order valence-electron chi connectivity index (χ2n) is 6.52. The van der Waals surface area contributed by atoms with E-state index in [4.69, 9.17) is 14.6 Å². The molecule has 1 aromatic rings. The highest BCUT2D eigenvalue weighted by molar-refractivity contribution is 5.84. The fourth-order valence-corrected chi connectivity index (χ4v) is 1.89. The minimum absolute atomic E-state index is 0.0436. The van der Waals surface area contributed by atoms with Gasteiger partial charge in [-0.15, -0.1) is 0 Å². The van der Waals surface area contributed by atoms with Crippen molar-refractivity contribution in [1.82, 2.24) is 5.32 Å². The number of rotatable bonds is 8. The first-order valence-corrected chi connectivity index (χ1v) is 7.84. The van der Waals surface area contributed by atoms with E-state index in [1.807, 2.05) is 20.8 Å². The highest BCUT2D eigenvalue weighted by atomic mass is 19.4. The fourth-order valence-electron chi connectivity index (χ4n) is 1.89. The van der Waals surface area contributed by atoms with Crippen molar-refractivity contribution in [1.29, 1.82) is 0 Å². The summed E-state index contributed by atoms with van der Waals surface area (Å²) in [5.41, 5.74) is -1.35. The Morgan fingerprint density at radius 1 is 1.23 bits per heavy atom. The van der Waals surface area contributed by atoms with Gasteiger partial charge in [0.05, 0.1) is 11.2 Å². The lowest BCUT2D eigenvalue weighted by Crippen LogP contribution is -2.44. The predicted octanol–water partition coefficient (Wildman–Crippen LogP) is 2.86. The third-order valence-corrected chi connectivity index (χ3v) is 3.11. The molecule has 2 N–H and O–H groups in total. The minimum atomic E-state index is -4.52. The first-order valence-electron chi connectivity index (χ1n) is 7.84. The maximum Gasteiger partial charge on any atom is 0.416 e. The molecule has 0 bridgehead atoms. The summed E-state index contributed by atoms with van der Waals surface area (Å²) in [6.45, 7) is 4.94. The smallest absolute Gasteiger partial charge is 0.416 e. The molecule has 0 radical (unpaired) electrons. The molecule has 0 saturated heterocycles. The van der Waals surface area contributed by atoms with Crippen LogP contribution in [-0.4, -0.2) is 41.8 Å². The SMILES string of the molecule is CC(C)(C)OCCC(NC(=O)COc1cccc(C(F)(F)F)c1)C(=O)O. The van der Waals surface area contributed by atoms with Crippen LogP contribution in [0.15, 0.2) is 24.3 Å². The van der Waals surface area contributed by atoms with E-state index in [9.17, 15) is 22.8 Å². The lowest BCUT2D eigenvalue weighted by Gasteiger charge is -2.21. The highest BCUT2D eigenvalue weighted by Gasteiger charge is 2.30. The monoisotopic (exact) mass is 377 g/mol. The van der Waals surface area contributed by atoms with E-state index in [0.29, 0.717) is 0 Å². The van der Waals surface area contributed by atoms with Gasteiger partial charge in [0.15, 0.2) is 6.61 Å². The Kier molecular flexibility index (Phi) is 7.43. The number of hydrogen-bond donors (Lipinski definition) is 2. The first-order chi connectivity index (χ1) is 11.9. The van der Waals surface area contributed by atoms with Crippen LogP contribution in [0.2, 0.25) is 0 Å². The van der Waals surface area contributed by atoms with E-state index in [1.165, 1.54) is 6.07 Å². The van der Waals surface area contributed by atoms with Crippen LogP contribution in [0.25, 0.3) is 0 Å². The second kappa shape index (κ2) is 8.88. The van der Waals surface area contributed by atoms with Gasteiger partial charge in [0.25, 0.3) is 5.91 Å². The number of ether oxygens (including phenoxy) is 2. The van der Waals surface area contributed by atoms with E-state index in [-0.39, 0.29) is 18.8 Å². The lowest BCUT2D eigenvalue weighted by molar-refractivity contribution is -0.143. The lowest BCUT2D eigenvalue weighted by atomic mass is 10.2. The molecule has 26 heavy (non-hydrogen) atoms. The van der Waals surface area contributed by atoms with Crippen molar-refractivity contribution >= 4 is 11.9 Å². The standard InChI is InChI=1S/C17H22F3NO5/c1-16(2,3)26-8-7-13(15(23)24)21-14(22)10-25-12-6-4-5-11(9-12)17(18,19)20/h4-6,9,13H,7-8,10H2,1-3H3,(H,21,22)(H,23,24). The summed E-state index contributed by atoms with van der Waals surface area (Å²) in [5, 5.41) is 11.4. The van der Waals surface area contributed by atoms with Crippen LogP contribution in [0.3, 0.4) is 0 Å². The molecule has 0 fully saturated rings. The van der Waals surface area contributed by atoms with Crippen LogP contribution in [0.1, 0.15) is 32.8 Å². The number of carboxylic acid groups (broad SMARTS) is 1. The normalized spacial score (nSPS) is 13.2. The van der Waals surface area contributed by atoms with Gasteiger partial charge < -0.3 is 19.9 Å². The molecular weight excluding hydrogens is 355 g/mol. The highest BCUT2D eigenvalue weighted by Crippen LogP contribution is 2.31. The maximum atomic E-state index is 12.6. The molecule has 0 aliphatic heterocycles. The zero-order chi connectivity index (χ0) is 20.0. The summed E-state index contributed by atoms with van der Waals surface area (Å²) in [4.78, 5) is 23.0. The number of hydrogen-bond acceptors (Lipinski definition) is 4. The summed E-state index contributed by atoms with van der Waals surface area (Å²) < 4.78 is 48.3. The van der Waals surface area contributed by atoms with Gasteiger partial charge in [-0.25, -0.2) is 4.79 Å². The average molecular weight is 377 g/mol. The number of alkyl halides is 3. The second-order valence-corrected chi connectivity index (χ2v) is 6.52. The van der Waals surface area contributed by atoms with E-state index in [0.717, 1.165) is 18.2 Å². The molecule has 1 atom stereocenters. The molecule has 0 saturated carbocycles. The predicted molar refractivity (Wildman–Crippen MR) is 86.8 cm³/mol. The van der Waals surface area contributed by atoms with E-state index in [2.05, 4.69) is 5.32 Å². The molecule has 1 amide bonds. The molecule has 0 heterocycles. The molecule has 1 aromatic carbocycles. The van der Waals surface area contributed by atoms with Crippen LogP contribution in [0.5, 0.6) is 5.75 Å². The number of amides is 1. The molecule has 1 unspecified atom stereocenters. The zero-order valence-corrected chi connectivity index (χ0v) is 14.7. The van der Waals surface area contributed by atoms with Crippen LogP contribution >= 0.6 is 0 Å². The first kappa shape index (κ1) is 21.8. The van der Waals surface area contributed by atoms with Crippen molar-refractivity contribution < 1.29 is 37.3 Å². The van der Waals surface area contributed by atoms with Gasteiger partial charge >= 0.3 is 12.1 Å². The number of carbonyl (C=O) groups excluding carboxylic acids is 1. The summed E-state index contributed by atoms with van der Waals surface area (Å²) in [6.07, 6.45) is -4.48. The number of benzene rings is 1. The number of nitrogens with one attached hydrogen (secondary N) is 1. The molecule has 6 nitrogen and oxygen atoms in total. The van der Waals surface area contributed by atoms with Crippen molar-refractivity contribution in [2.75, 3.05) is 13.2 Å². The number of carboxylic acids is 1. The Labute approximate surface area is 149 Å². The fraction of sp³-hybridized carbons (Fsp3) is 0.529. The Morgan fingerprint density at radius 2 is 1.88 bits per heavy atom. The minimum Gasteiger partial charge on any atom is -0.484 e. The van der Waals surface area contributed by atoms with Crippen molar-refractivity contribution in [3.63, 3.8) is 0 Å². The van der Waals surface area contributed by atoms with Gasteiger partial charge in [0.2, 0.25) is 0 Å². The Hall–Kier alpha value is -2.29.